The summed E-state index contributed by atoms with van der Waals surface area (Å²) in [5, 5.41) is 16.9. The number of hydrogen-bond acceptors (Lipinski definition) is 5. The zero-order chi connectivity index (χ0) is 24.5. The summed E-state index contributed by atoms with van der Waals surface area (Å²) in [7, 11) is 0. The number of amides is 2. The number of benzene rings is 2. The lowest BCUT2D eigenvalue weighted by Crippen LogP contribution is -2.25. The Hall–Kier alpha value is -4.20. The number of nitrogens with zero attached hydrogens (tertiary/aromatic N) is 1. The number of nitrogens with one attached hydrogen (secondary N) is 2. The van der Waals surface area contributed by atoms with Crippen LogP contribution in [0.4, 0.5) is 5.69 Å². The molecule has 1 aromatic heterocycles. The summed E-state index contributed by atoms with van der Waals surface area (Å²) in [4.78, 5) is 35.0. The van der Waals surface area contributed by atoms with Crippen LogP contribution in [-0.2, 0) is 11.3 Å². The van der Waals surface area contributed by atoms with Crippen molar-refractivity contribution >= 4 is 23.6 Å². The molecular weight excluding hydrogens is 434 g/mol. The average molecular weight is 462 g/mol. The fraction of sp³-hybridized carbons (Fsp3) is 0.231. The van der Waals surface area contributed by atoms with Crippen LogP contribution in [0.5, 0.6) is 0 Å². The van der Waals surface area contributed by atoms with Gasteiger partial charge in [0.25, 0.3) is 11.6 Å². The van der Waals surface area contributed by atoms with Crippen LogP contribution in [0.25, 0.3) is 17.4 Å². The standard InChI is InChI=1S/C26H27N3O5/c1-18(2)15-16-27-26(31)20-9-7-19(8-10-20)17-28-25(30)14-12-21-11-13-24(34-21)22-5-3-4-6-23(22)29(32)33/h3-14,18H,15-17H2,1-2H3,(H,27,31)(H,28,30). The van der Waals surface area contributed by atoms with Crippen molar-refractivity contribution < 1.29 is 18.9 Å². The highest BCUT2D eigenvalue weighted by molar-refractivity contribution is 5.94. The first kappa shape index (κ1) is 24.4. The molecule has 0 atom stereocenters. The highest BCUT2D eigenvalue weighted by Gasteiger charge is 2.16. The quantitative estimate of drug-likeness (QED) is 0.252. The second-order valence-corrected chi connectivity index (χ2v) is 8.16. The minimum Gasteiger partial charge on any atom is -0.456 e. The normalized spacial score (nSPS) is 11.0. The molecule has 0 saturated heterocycles. The molecule has 176 valence electrons. The Morgan fingerprint density at radius 2 is 1.76 bits per heavy atom. The van der Waals surface area contributed by atoms with Gasteiger partial charge in [-0.25, -0.2) is 0 Å². The van der Waals surface area contributed by atoms with Gasteiger partial charge in [-0.15, -0.1) is 0 Å². The van der Waals surface area contributed by atoms with E-state index in [4.69, 9.17) is 4.42 Å². The maximum absolute atomic E-state index is 12.2. The van der Waals surface area contributed by atoms with E-state index in [2.05, 4.69) is 24.5 Å². The molecule has 0 unspecified atom stereocenters. The predicted octanol–water partition coefficient (Wildman–Crippen LogP) is 4.96. The largest absolute Gasteiger partial charge is 0.456 e. The van der Waals surface area contributed by atoms with Gasteiger partial charge in [-0.05, 0) is 54.3 Å². The van der Waals surface area contributed by atoms with Gasteiger partial charge in [-0.3, -0.25) is 19.7 Å². The lowest BCUT2D eigenvalue weighted by molar-refractivity contribution is -0.384. The van der Waals surface area contributed by atoms with Crippen LogP contribution in [0, 0.1) is 16.0 Å². The summed E-state index contributed by atoms with van der Waals surface area (Å²) in [6, 6.07) is 16.6. The first-order valence-corrected chi connectivity index (χ1v) is 11.0. The molecule has 2 amide bonds. The second-order valence-electron chi connectivity index (χ2n) is 8.16. The molecular formula is C26H27N3O5. The molecule has 3 rings (SSSR count). The SMILES string of the molecule is CC(C)CCNC(=O)c1ccc(CNC(=O)C=Cc2ccc(-c3ccccc3[N+](=O)[O-])o2)cc1. The van der Waals surface area contributed by atoms with Gasteiger partial charge in [0, 0.05) is 30.8 Å². The molecule has 34 heavy (non-hydrogen) atoms. The smallest absolute Gasteiger partial charge is 0.280 e. The van der Waals surface area contributed by atoms with E-state index < -0.39 is 4.92 Å². The molecule has 0 spiro atoms. The van der Waals surface area contributed by atoms with E-state index in [1.165, 1.54) is 18.2 Å². The Morgan fingerprint density at radius 1 is 1.03 bits per heavy atom. The zero-order valence-corrected chi connectivity index (χ0v) is 19.1. The number of para-hydroxylation sites is 1. The predicted molar refractivity (Wildman–Crippen MR) is 130 cm³/mol. The number of hydrogen-bond donors (Lipinski definition) is 2. The molecule has 0 aliphatic carbocycles. The minimum absolute atomic E-state index is 0.0517. The van der Waals surface area contributed by atoms with Gasteiger partial charge < -0.3 is 15.1 Å². The van der Waals surface area contributed by atoms with Crippen molar-refractivity contribution in [2.24, 2.45) is 5.92 Å². The Labute approximate surface area is 197 Å². The van der Waals surface area contributed by atoms with Crippen LogP contribution in [0.3, 0.4) is 0 Å². The lowest BCUT2D eigenvalue weighted by Gasteiger charge is -2.08. The Kier molecular flexibility index (Phi) is 8.34. The molecule has 2 aromatic carbocycles. The zero-order valence-electron chi connectivity index (χ0n) is 19.1. The third kappa shape index (κ3) is 6.90. The van der Waals surface area contributed by atoms with Crippen molar-refractivity contribution in [3.8, 4) is 11.3 Å². The Balaban J connectivity index is 1.51. The molecule has 8 heteroatoms. The highest BCUT2D eigenvalue weighted by Crippen LogP contribution is 2.31. The second kappa shape index (κ2) is 11.6. The molecule has 0 bridgehead atoms. The molecule has 8 nitrogen and oxygen atoms in total. The van der Waals surface area contributed by atoms with E-state index in [9.17, 15) is 19.7 Å². The van der Waals surface area contributed by atoms with Crippen LogP contribution in [0.1, 0.15) is 41.9 Å². The summed E-state index contributed by atoms with van der Waals surface area (Å²) in [6.07, 6.45) is 3.76. The maximum atomic E-state index is 12.2. The van der Waals surface area contributed by atoms with Crippen molar-refractivity contribution in [1.29, 1.82) is 0 Å². The molecule has 3 aromatic rings. The molecule has 0 radical (unpaired) electrons. The van der Waals surface area contributed by atoms with Crippen LogP contribution in [0.2, 0.25) is 0 Å². The van der Waals surface area contributed by atoms with Gasteiger partial charge in [0.2, 0.25) is 5.91 Å². The number of carbonyl (C=O) groups is 2. The van der Waals surface area contributed by atoms with Crippen molar-refractivity contribution in [2.75, 3.05) is 6.54 Å². The summed E-state index contributed by atoms with van der Waals surface area (Å²) >= 11 is 0. The third-order valence-corrected chi connectivity index (χ3v) is 5.08. The molecule has 0 saturated carbocycles. The number of carbonyl (C=O) groups excluding carboxylic acids is 2. The number of nitro benzene ring substituents is 1. The fourth-order valence-electron chi connectivity index (χ4n) is 3.18. The van der Waals surface area contributed by atoms with Gasteiger partial charge in [-0.1, -0.05) is 38.1 Å². The molecule has 0 fully saturated rings. The van der Waals surface area contributed by atoms with Gasteiger partial charge in [0.05, 0.1) is 10.5 Å². The minimum atomic E-state index is -0.466. The van der Waals surface area contributed by atoms with Crippen LogP contribution < -0.4 is 10.6 Å². The van der Waals surface area contributed by atoms with Crippen molar-refractivity contribution in [3.05, 3.63) is 93.7 Å². The maximum Gasteiger partial charge on any atom is 0.280 e. The first-order valence-electron chi connectivity index (χ1n) is 11.0. The fourth-order valence-corrected chi connectivity index (χ4v) is 3.18. The molecule has 0 aliphatic rings. The monoisotopic (exact) mass is 461 g/mol. The Bertz CT molecular complexity index is 1180. The first-order chi connectivity index (χ1) is 16.3. The molecule has 0 aliphatic heterocycles. The van der Waals surface area contributed by atoms with Gasteiger partial charge >= 0.3 is 0 Å². The summed E-state index contributed by atoms with van der Waals surface area (Å²) in [5.41, 5.74) is 1.75. The van der Waals surface area contributed by atoms with Crippen LogP contribution >= 0.6 is 0 Å². The van der Waals surface area contributed by atoms with E-state index in [1.807, 2.05) is 0 Å². The van der Waals surface area contributed by atoms with Crippen LogP contribution in [-0.4, -0.2) is 23.3 Å². The third-order valence-electron chi connectivity index (χ3n) is 5.08. The van der Waals surface area contributed by atoms with E-state index in [1.54, 1.807) is 54.6 Å². The summed E-state index contributed by atoms with van der Waals surface area (Å²) in [5.74, 6) is 0.842. The average Bonchev–Trinajstić information content (AvgIpc) is 3.30. The van der Waals surface area contributed by atoms with Gasteiger partial charge in [-0.2, -0.15) is 0 Å². The number of rotatable bonds is 10. The van der Waals surface area contributed by atoms with E-state index in [0.717, 1.165) is 12.0 Å². The number of furan rings is 1. The van der Waals surface area contributed by atoms with Gasteiger partial charge in [0.1, 0.15) is 11.5 Å². The summed E-state index contributed by atoms with van der Waals surface area (Å²) < 4.78 is 5.64. The van der Waals surface area contributed by atoms with Gasteiger partial charge in [0.15, 0.2) is 0 Å². The summed E-state index contributed by atoms with van der Waals surface area (Å²) in [6.45, 7) is 5.15. The van der Waals surface area contributed by atoms with E-state index >= 15 is 0 Å². The van der Waals surface area contributed by atoms with Crippen LogP contribution in [0.15, 0.2) is 71.2 Å². The Morgan fingerprint density at radius 3 is 2.47 bits per heavy atom. The lowest BCUT2D eigenvalue weighted by atomic mass is 10.1. The molecule has 1 heterocycles. The van der Waals surface area contributed by atoms with E-state index in [0.29, 0.717) is 41.7 Å². The van der Waals surface area contributed by atoms with E-state index in [-0.39, 0.29) is 17.5 Å². The van der Waals surface area contributed by atoms with Crippen molar-refractivity contribution in [3.63, 3.8) is 0 Å². The topological polar surface area (TPSA) is 114 Å². The molecule has 2 N–H and O–H groups in total. The van der Waals surface area contributed by atoms with Crippen molar-refractivity contribution in [1.82, 2.24) is 10.6 Å². The highest BCUT2D eigenvalue weighted by atomic mass is 16.6. The van der Waals surface area contributed by atoms with Crippen molar-refractivity contribution in [2.45, 2.75) is 26.8 Å². The number of nitro groups is 1.